The summed E-state index contributed by atoms with van der Waals surface area (Å²) >= 11 is 1.20. The van der Waals surface area contributed by atoms with E-state index in [1.807, 2.05) is 43.3 Å². The number of para-hydroxylation sites is 1. The lowest BCUT2D eigenvalue weighted by atomic mass is 10.2. The van der Waals surface area contributed by atoms with E-state index < -0.39 is 0 Å². The lowest BCUT2D eigenvalue weighted by Gasteiger charge is -2.13. The van der Waals surface area contributed by atoms with Crippen LogP contribution in [0.4, 0.5) is 0 Å². The summed E-state index contributed by atoms with van der Waals surface area (Å²) in [5.41, 5.74) is 2.29. The molecule has 3 rings (SSSR count). The van der Waals surface area contributed by atoms with Crippen molar-refractivity contribution in [3.8, 4) is 5.69 Å². The molecule has 0 aliphatic rings. The zero-order valence-electron chi connectivity index (χ0n) is 14.1. The Bertz CT molecular complexity index is 965. The second-order valence-corrected chi connectivity index (χ2v) is 6.42. The van der Waals surface area contributed by atoms with Gasteiger partial charge in [-0.3, -0.25) is 14.2 Å². The molecule has 6 heteroatoms. The van der Waals surface area contributed by atoms with Gasteiger partial charge in [-0.25, -0.2) is 4.98 Å². The molecule has 5 nitrogen and oxygen atoms in total. The Balaban J connectivity index is 2.12. The zero-order valence-corrected chi connectivity index (χ0v) is 14.9. The highest BCUT2D eigenvalue weighted by Gasteiger charge is 2.15. The molecule has 0 saturated heterocycles. The number of esters is 1. The number of hydrogen-bond donors (Lipinski definition) is 0. The standard InChI is InChI=1S/C19H18N2O3S/c1-3-24-17(22)12-25-19-20-16-7-5-4-6-15(16)18(23)21(19)14-10-8-13(2)9-11-14/h4-11H,3,12H2,1-2H3. The maximum absolute atomic E-state index is 13.0. The Morgan fingerprint density at radius 3 is 2.60 bits per heavy atom. The Morgan fingerprint density at radius 1 is 1.16 bits per heavy atom. The van der Waals surface area contributed by atoms with Crippen molar-refractivity contribution in [1.29, 1.82) is 0 Å². The first-order valence-corrected chi connectivity index (χ1v) is 8.96. The molecule has 0 unspecified atom stereocenters. The molecule has 0 fully saturated rings. The van der Waals surface area contributed by atoms with Crippen molar-refractivity contribution in [2.75, 3.05) is 12.4 Å². The Kier molecular flexibility index (Phi) is 5.19. The number of aromatic nitrogens is 2. The van der Waals surface area contributed by atoms with Crippen molar-refractivity contribution in [2.45, 2.75) is 19.0 Å². The van der Waals surface area contributed by atoms with Gasteiger partial charge in [-0.1, -0.05) is 41.6 Å². The first-order chi connectivity index (χ1) is 12.1. The van der Waals surface area contributed by atoms with Crippen LogP contribution in [0.5, 0.6) is 0 Å². The first-order valence-electron chi connectivity index (χ1n) is 7.97. The molecule has 0 bridgehead atoms. The predicted molar refractivity (Wildman–Crippen MR) is 99.4 cm³/mol. The second kappa shape index (κ2) is 7.53. The number of thioether (sulfide) groups is 1. The van der Waals surface area contributed by atoms with Crippen molar-refractivity contribution >= 4 is 28.6 Å². The van der Waals surface area contributed by atoms with Crippen molar-refractivity contribution < 1.29 is 9.53 Å². The molecular weight excluding hydrogens is 336 g/mol. The van der Waals surface area contributed by atoms with Crippen LogP contribution in [0.3, 0.4) is 0 Å². The molecule has 0 N–H and O–H groups in total. The SMILES string of the molecule is CCOC(=O)CSc1nc2ccccc2c(=O)n1-c1ccc(C)cc1. The van der Waals surface area contributed by atoms with Gasteiger partial charge < -0.3 is 4.74 Å². The minimum Gasteiger partial charge on any atom is -0.465 e. The van der Waals surface area contributed by atoms with Crippen molar-refractivity contribution in [3.63, 3.8) is 0 Å². The van der Waals surface area contributed by atoms with Gasteiger partial charge in [0.1, 0.15) is 0 Å². The minimum absolute atomic E-state index is 0.102. The van der Waals surface area contributed by atoms with E-state index in [9.17, 15) is 9.59 Å². The summed E-state index contributed by atoms with van der Waals surface area (Å²) < 4.78 is 6.51. The average Bonchev–Trinajstić information content (AvgIpc) is 2.61. The maximum atomic E-state index is 13.0. The van der Waals surface area contributed by atoms with E-state index in [-0.39, 0.29) is 17.3 Å². The van der Waals surface area contributed by atoms with Crippen LogP contribution in [0.1, 0.15) is 12.5 Å². The molecule has 25 heavy (non-hydrogen) atoms. The highest BCUT2D eigenvalue weighted by molar-refractivity contribution is 7.99. The molecule has 128 valence electrons. The third-order valence-corrected chi connectivity index (χ3v) is 4.57. The largest absolute Gasteiger partial charge is 0.465 e. The van der Waals surface area contributed by atoms with Gasteiger partial charge in [0, 0.05) is 0 Å². The van der Waals surface area contributed by atoms with Crippen molar-refractivity contribution in [1.82, 2.24) is 9.55 Å². The van der Waals surface area contributed by atoms with Gasteiger partial charge >= 0.3 is 5.97 Å². The quantitative estimate of drug-likeness (QED) is 0.399. The van der Waals surface area contributed by atoms with Gasteiger partial charge in [0.25, 0.3) is 5.56 Å². The number of rotatable bonds is 5. The summed E-state index contributed by atoms with van der Waals surface area (Å²) in [5, 5.41) is 1.02. The minimum atomic E-state index is -0.328. The van der Waals surface area contributed by atoms with E-state index in [1.54, 1.807) is 23.6 Å². The second-order valence-electron chi connectivity index (χ2n) is 5.48. The fraction of sp³-hybridized carbons (Fsp3) is 0.211. The average molecular weight is 354 g/mol. The molecule has 0 saturated carbocycles. The molecular formula is C19H18N2O3S. The molecule has 0 atom stereocenters. The Morgan fingerprint density at radius 2 is 1.88 bits per heavy atom. The number of fused-ring (bicyclic) bond motifs is 1. The summed E-state index contributed by atoms with van der Waals surface area (Å²) in [6.07, 6.45) is 0. The van der Waals surface area contributed by atoms with Crippen LogP contribution in [0.15, 0.2) is 58.5 Å². The predicted octanol–water partition coefficient (Wildman–Crippen LogP) is 3.35. The van der Waals surface area contributed by atoms with Crippen LogP contribution in [-0.4, -0.2) is 27.9 Å². The van der Waals surface area contributed by atoms with Gasteiger partial charge in [0.2, 0.25) is 0 Å². The Labute approximate surface area is 149 Å². The number of nitrogens with zero attached hydrogens (tertiary/aromatic N) is 2. The van der Waals surface area contributed by atoms with Crippen LogP contribution in [0.25, 0.3) is 16.6 Å². The topological polar surface area (TPSA) is 61.2 Å². The van der Waals surface area contributed by atoms with Gasteiger partial charge in [-0.2, -0.15) is 0 Å². The summed E-state index contributed by atoms with van der Waals surface area (Å²) in [4.78, 5) is 29.3. The molecule has 1 heterocycles. The molecule has 1 aromatic heterocycles. The van der Waals surface area contributed by atoms with Crippen molar-refractivity contribution in [2.24, 2.45) is 0 Å². The van der Waals surface area contributed by atoms with E-state index in [0.29, 0.717) is 22.7 Å². The fourth-order valence-corrected chi connectivity index (χ4v) is 3.27. The van der Waals surface area contributed by atoms with Crippen LogP contribution in [0.2, 0.25) is 0 Å². The number of carbonyl (C=O) groups is 1. The zero-order chi connectivity index (χ0) is 17.8. The van der Waals surface area contributed by atoms with Gasteiger partial charge in [0.05, 0.1) is 29.0 Å². The smallest absolute Gasteiger partial charge is 0.316 e. The van der Waals surface area contributed by atoms with Crippen LogP contribution in [-0.2, 0) is 9.53 Å². The van der Waals surface area contributed by atoms with E-state index in [1.165, 1.54) is 11.8 Å². The number of ether oxygens (including phenoxy) is 1. The first kappa shape index (κ1) is 17.2. The number of hydrogen-bond acceptors (Lipinski definition) is 5. The van der Waals surface area contributed by atoms with E-state index >= 15 is 0 Å². The summed E-state index contributed by atoms with van der Waals surface area (Å²) in [7, 11) is 0. The van der Waals surface area contributed by atoms with Crippen LogP contribution >= 0.6 is 11.8 Å². The molecule has 0 amide bonds. The van der Waals surface area contributed by atoms with Gasteiger partial charge in [-0.05, 0) is 38.1 Å². The van der Waals surface area contributed by atoms with E-state index in [4.69, 9.17) is 4.74 Å². The maximum Gasteiger partial charge on any atom is 0.316 e. The molecule has 2 aromatic carbocycles. The lowest BCUT2D eigenvalue weighted by molar-refractivity contribution is -0.139. The Hall–Kier alpha value is -2.60. The summed E-state index contributed by atoms with van der Waals surface area (Å²) in [6.45, 7) is 4.08. The molecule has 0 aliphatic heterocycles. The third-order valence-electron chi connectivity index (χ3n) is 3.66. The molecule has 0 radical (unpaired) electrons. The van der Waals surface area contributed by atoms with Gasteiger partial charge in [0.15, 0.2) is 5.16 Å². The number of benzene rings is 2. The number of carbonyl (C=O) groups excluding carboxylic acids is 1. The fourth-order valence-electron chi connectivity index (χ4n) is 2.46. The molecule has 0 aliphatic carbocycles. The summed E-state index contributed by atoms with van der Waals surface area (Å²) in [6, 6.07) is 14.8. The number of aryl methyl sites for hydroxylation is 1. The van der Waals surface area contributed by atoms with E-state index in [0.717, 1.165) is 11.3 Å². The highest BCUT2D eigenvalue weighted by Crippen LogP contribution is 2.21. The van der Waals surface area contributed by atoms with E-state index in [2.05, 4.69) is 4.98 Å². The highest BCUT2D eigenvalue weighted by atomic mass is 32.2. The van der Waals surface area contributed by atoms with Crippen LogP contribution in [0, 0.1) is 6.92 Å². The lowest BCUT2D eigenvalue weighted by Crippen LogP contribution is -2.22. The molecule has 3 aromatic rings. The third kappa shape index (κ3) is 3.74. The normalized spacial score (nSPS) is 10.8. The van der Waals surface area contributed by atoms with Crippen LogP contribution < -0.4 is 5.56 Å². The molecule has 0 spiro atoms. The monoisotopic (exact) mass is 354 g/mol. The van der Waals surface area contributed by atoms with Gasteiger partial charge in [-0.15, -0.1) is 0 Å². The van der Waals surface area contributed by atoms with Crippen molar-refractivity contribution in [3.05, 3.63) is 64.4 Å². The summed E-state index contributed by atoms with van der Waals surface area (Å²) in [5.74, 6) is -0.227.